The van der Waals surface area contributed by atoms with Crippen molar-refractivity contribution in [3.8, 4) is 0 Å². The van der Waals surface area contributed by atoms with Gasteiger partial charge in [-0.25, -0.2) is 4.39 Å². The minimum atomic E-state index is -0.0989. The zero-order valence-corrected chi connectivity index (χ0v) is 14.9. The topological polar surface area (TPSA) is 38.5 Å². The quantitative estimate of drug-likeness (QED) is 0.866. The van der Waals surface area contributed by atoms with Crippen molar-refractivity contribution in [2.24, 2.45) is 5.73 Å². The highest BCUT2D eigenvalue weighted by atomic mass is 19.1. The van der Waals surface area contributed by atoms with E-state index in [9.17, 15) is 4.39 Å². The predicted molar refractivity (Wildman–Crippen MR) is 101 cm³/mol. The maximum absolute atomic E-state index is 14.2. The van der Waals surface area contributed by atoms with Crippen molar-refractivity contribution in [2.45, 2.75) is 31.7 Å². The zero-order chi connectivity index (χ0) is 17.6. The SMILES string of the molecule is COCCc1ccc(N2CCC(c3cc(CN)ccc3F)CC2)cc1. The summed E-state index contributed by atoms with van der Waals surface area (Å²) in [6.07, 6.45) is 2.88. The third-order valence-corrected chi connectivity index (χ3v) is 5.13. The van der Waals surface area contributed by atoms with E-state index in [-0.39, 0.29) is 11.7 Å². The molecule has 0 aliphatic carbocycles. The molecule has 0 saturated carbocycles. The van der Waals surface area contributed by atoms with Crippen LogP contribution in [0.15, 0.2) is 42.5 Å². The van der Waals surface area contributed by atoms with Gasteiger partial charge in [-0.2, -0.15) is 0 Å². The first-order valence-electron chi connectivity index (χ1n) is 9.02. The average molecular weight is 342 g/mol. The molecule has 25 heavy (non-hydrogen) atoms. The number of benzene rings is 2. The number of hydrogen-bond acceptors (Lipinski definition) is 3. The minimum absolute atomic E-state index is 0.0989. The van der Waals surface area contributed by atoms with Crippen LogP contribution in [0.25, 0.3) is 0 Å². The fourth-order valence-electron chi connectivity index (χ4n) is 3.58. The summed E-state index contributed by atoms with van der Waals surface area (Å²) in [6.45, 7) is 3.11. The van der Waals surface area contributed by atoms with E-state index in [4.69, 9.17) is 10.5 Å². The number of anilines is 1. The highest BCUT2D eigenvalue weighted by molar-refractivity contribution is 5.48. The Kier molecular flexibility index (Phi) is 6.05. The van der Waals surface area contributed by atoms with Crippen molar-refractivity contribution >= 4 is 5.69 Å². The smallest absolute Gasteiger partial charge is 0.126 e. The van der Waals surface area contributed by atoms with Gasteiger partial charge in [0.05, 0.1) is 6.61 Å². The molecule has 0 spiro atoms. The van der Waals surface area contributed by atoms with Crippen LogP contribution in [0.2, 0.25) is 0 Å². The van der Waals surface area contributed by atoms with Crippen molar-refractivity contribution < 1.29 is 9.13 Å². The summed E-state index contributed by atoms with van der Waals surface area (Å²) in [5.41, 5.74) is 10.1. The van der Waals surface area contributed by atoms with Gasteiger partial charge in [0, 0.05) is 32.4 Å². The highest BCUT2D eigenvalue weighted by Crippen LogP contribution is 2.32. The maximum atomic E-state index is 14.2. The van der Waals surface area contributed by atoms with E-state index in [1.54, 1.807) is 19.2 Å². The number of nitrogens with zero attached hydrogens (tertiary/aromatic N) is 1. The molecule has 1 aliphatic rings. The van der Waals surface area contributed by atoms with Crippen molar-refractivity contribution in [1.29, 1.82) is 0 Å². The normalized spacial score (nSPS) is 15.6. The summed E-state index contributed by atoms with van der Waals surface area (Å²) in [4.78, 5) is 2.39. The third kappa shape index (κ3) is 4.39. The van der Waals surface area contributed by atoms with Crippen LogP contribution in [0.3, 0.4) is 0 Å². The Bertz CT molecular complexity index is 679. The largest absolute Gasteiger partial charge is 0.384 e. The summed E-state index contributed by atoms with van der Waals surface area (Å²) in [6, 6.07) is 14.0. The van der Waals surface area contributed by atoms with Crippen LogP contribution in [-0.2, 0) is 17.7 Å². The van der Waals surface area contributed by atoms with Crippen LogP contribution in [0.5, 0.6) is 0 Å². The second-order valence-electron chi connectivity index (χ2n) is 6.73. The monoisotopic (exact) mass is 342 g/mol. The van der Waals surface area contributed by atoms with Gasteiger partial charge >= 0.3 is 0 Å². The first-order valence-corrected chi connectivity index (χ1v) is 9.02. The second-order valence-corrected chi connectivity index (χ2v) is 6.73. The van der Waals surface area contributed by atoms with Crippen molar-refractivity contribution in [1.82, 2.24) is 0 Å². The lowest BCUT2D eigenvalue weighted by Crippen LogP contribution is -2.33. The molecule has 1 saturated heterocycles. The first kappa shape index (κ1) is 17.9. The van der Waals surface area contributed by atoms with Crippen LogP contribution in [0.1, 0.15) is 35.4 Å². The van der Waals surface area contributed by atoms with E-state index in [0.29, 0.717) is 6.54 Å². The number of piperidine rings is 1. The van der Waals surface area contributed by atoms with E-state index in [0.717, 1.165) is 50.1 Å². The van der Waals surface area contributed by atoms with Gasteiger partial charge in [-0.3, -0.25) is 0 Å². The number of rotatable bonds is 6. The number of halogens is 1. The van der Waals surface area contributed by atoms with Crippen LogP contribution in [0.4, 0.5) is 10.1 Å². The molecule has 0 unspecified atom stereocenters. The maximum Gasteiger partial charge on any atom is 0.126 e. The predicted octanol–water partition coefficient (Wildman–Crippen LogP) is 3.86. The molecule has 134 valence electrons. The summed E-state index contributed by atoms with van der Waals surface area (Å²) < 4.78 is 19.3. The van der Waals surface area contributed by atoms with Gasteiger partial charge in [0.2, 0.25) is 0 Å². The van der Waals surface area contributed by atoms with Gasteiger partial charge in [0.15, 0.2) is 0 Å². The standard InChI is InChI=1S/C21H27FN2O/c1-25-13-10-16-2-5-19(6-3-16)24-11-8-18(9-12-24)20-14-17(15-23)4-7-21(20)22/h2-7,14,18H,8-13,15,23H2,1H3. The lowest BCUT2D eigenvalue weighted by molar-refractivity contribution is 0.202. The molecule has 3 nitrogen and oxygen atoms in total. The summed E-state index contributed by atoms with van der Waals surface area (Å²) >= 11 is 0. The van der Waals surface area contributed by atoms with Crippen LogP contribution in [0, 0.1) is 5.82 Å². The van der Waals surface area contributed by atoms with Crippen molar-refractivity contribution in [3.05, 3.63) is 65.0 Å². The Morgan fingerprint density at radius 2 is 1.76 bits per heavy atom. The van der Waals surface area contributed by atoms with E-state index in [1.165, 1.54) is 11.3 Å². The average Bonchev–Trinajstić information content (AvgIpc) is 2.67. The Hall–Kier alpha value is -1.91. The Labute approximate surface area is 149 Å². The van der Waals surface area contributed by atoms with Gasteiger partial charge in [-0.15, -0.1) is 0 Å². The van der Waals surface area contributed by atoms with Gasteiger partial charge in [0.1, 0.15) is 5.82 Å². The van der Waals surface area contributed by atoms with Gasteiger partial charge in [-0.1, -0.05) is 24.3 Å². The van der Waals surface area contributed by atoms with Crippen LogP contribution in [-0.4, -0.2) is 26.8 Å². The molecule has 1 aliphatic heterocycles. The molecule has 1 heterocycles. The van der Waals surface area contributed by atoms with Gasteiger partial charge < -0.3 is 15.4 Å². The molecule has 0 amide bonds. The third-order valence-electron chi connectivity index (χ3n) is 5.13. The molecular weight excluding hydrogens is 315 g/mol. The van der Waals surface area contributed by atoms with Crippen LogP contribution >= 0.6 is 0 Å². The number of ether oxygens (including phenoxy) is 1. The van der Waals surface area contributed by atoms with E-state index in [1.807, 2.05) is 6.07 Å². The first-order chi connectivity index (χ1) is 12.2. The van der Waals surface area contributed by atoms with Crippen LogP contribution < -0.4 is 10.6 Å². The molecular formula is C21H27FN2O. The Morgan fingerprint density at radius 3 is 2.40 bits per heavy atom. The number of nitrogens with two attached hydrogens (primary N) is 1. The molecule has 0 bridgehead atoms. The van der Waals surface area contributed by atoms with E-state index < -0.39 is 0 Å². The second kappa shape index (κ2) is 8.45. The summed E-state index contributed by atoms with van der Waals surface area (Å²) in [5, 5.41) is 0. The highest BCUT2D eigenvalue weighted by Gasteiger charge is 2.23. The van der Waals surface area contributed by atoms with Crippen molar-refractivity contribution in [3.63, 3.8) is 0 Å². The lowest BCUT2D eigenvalue weighted by atomic mass is 9.88. The number of methoxy groups -OCH3 is 1. The molecule has 0 atom stereocenters. The molecule has 0 radical (unpaired) electrons. The molecule has 1 fully saturated rings. The Balaban J connectivity index is 1.62. The summed E-state index contributed by atoms with van der Waals surface area (Å²) in [7, 11) is 1.73. The molecule has 2 aromatic carbocycles. The number of hydrogen-bond donors (Lipinski definition) is 1. The molecule has 2 aromatic rings. The molecule has 2 N–H and O–H groups in total. The molecule has 3 rings (SSSR count). The van der Waals surface area contributed by atoms with Gasteiger partial charge in [-0.05, 0) is 60.1 Å². The molecule has 4 heteroatoms. The van der Waals surface area contributed by atoms with E-state index in [2.05, 4.69) is 29.2 Å². The molecule has 0 aromatic heterocycles. The zero-order valence-electron chi connectivity index (χ0n) is 14.9. The van der Waals surface area contributed by atoms with Gasteiger partial charge in [0.25, 0.3) is 0 Å². The summed E-state index contributed by atoms with van der Waals surface area (Å²) in [5.74, 6) is 0.182. The van der Waals surface area contributed by atoms with Crippen molar-refractivity contribution in [2.75, 3.05) is 31.7 Å². The Morgan fingerprint density at radius 1 is 1.08 bits per heavy atom. The minimum Gasteiger partial charge on any atom is -0.384 e. The fourth-order valence-corrected chi connectivity index (χ4v) is 3.58. The fraction of sp³-hybridized carbons (Fsp3) is 0.429. The lowest BCUT2D eigenvalue weighted by Gasteiger charge is -2.34. The van der Waals surface area contributed by atoms with E-state index >= 15 is 0 Å².